The van der Waals surface area contributed by atoms with E-state index in [-0.39, 0.29) is 17.4 Å². The fourth-order valence-corrected chi connectivity index (χ4v) is 1.50. The van der Waals surface area contributed by atoms with E-state index in [4.69, 9.17) is 5.11 Å². The van der Waals surface area contributed by atoms with Gasteiger partial charge >= 0.3 is 5.97 Å². The lowest BCUT2D eigenvalue weighted by Crippen LogP contribution is -2.13. The number of carboxylic acids is 1. The van der Waals surface area contributed by atoms with E-state index in [9.17, 15) is 14.0 Å². The molecule has 0 bridgehead atoms. The molecular formula is C13H12FNO3. The summed E-state index contributed by atoms with van der Waals surface area (Å²) in [7, 11) is 0. The second-order valence-corrected chi connectivity index (χ2v) is 4.17. The Hall–Kier alpha value is -2.17. The highest BCUT2D eigenvalue weighted by Gasteiger charge is 2.29. The van der Waals surface area contributed by atoms with E-state index in [0.717, 1.165) is 25.0 Å². The fraction of sp³-hybridized carbons (Fsp3) is 0.231. The van der Waals surface area contributed by atoms with Gasteiger partial charge in [-0.3, -0.25) is 4.79 Å². The summed E-state index contributed by atoms with van der Waals surface area (Å²) in [5.74, 6) is -1.69. The number of nitrogens with one attached hydrogen (secondary N) is 1. The molecule has 0 aromatic heterocycles. The SMILES string of the molecule is O=C(O)/C=C/c1cc(NC(=O)C2CC2)ccc1F. The van der Waals surface area contributed by atoms with Crippen LogP contribution < -0.4 is 5.32 Å². The Bertz CT molecular complexity index is 521. The molecule has 0 spiro atoms. The lowest BCUT2D eigenvalue weighted by Gasteiger charge is -2.05. The largest absolute Gasteiger partial charge is 0.478 e. The van der Waals surface area contributed by atoms with E-state index in [1.54, 1.807) is 0 Å². The molecule has 2 N–H and O–H groups in total. The van der Waals surface area contributed by atoms with Crippen LogP contribution in [-0.2, 0) is 9.59 Å². The number of benzene rings is 1. The van der Waals surface area contributed by atoms with Crippen LogP contribution in [-0.4, -0.2) is 17.0 Å². The predicted octanol–water partition coefficient (Wildman–Crippen LogP) is 2.27. The van der Waals surface area contributed by atoms with Crippen molar-refractivity contribution in [2.45, 2.75) is 12.8 Å². The second kappa shape index (κ2) is 5.00. The minimum Gasteiger partial charge on any atom is -0.478 e. The van der Waals surface area contributed by atoms with Crippen molar-refractivity contribution < 1.29 is 19.1 Å². The number of carbonyl (C=O) groups excluding carboxylic acids is 1. The number of hydrogen-bond acceptors (Lipinski definition) is 2. The first-order chi connectivity index (χ1) is 8.56. The van der Waals surface area contributed by atoms with Crippen LogP contribution in [0.25, 0.3) is 6.08 Å². The summed E-state index contributed by atoms with van der Waals surface area (Å²) in [6.45, 7) is 0. The summed E-state index contributed by atoms with van der Waals surface area (Å²) < 4.78 is 13.4. The highest BCUT2D eigenvalue weighted by atomic mass is 19.1. The van der Waals surface area contributed by atoms with Gasteiger partial charge in [0.05, 0.1) is 0 Å². The molecule has 4 nitrogen and oxygen atoms in total. The van der Waals surface area contributed by atoms with Gasteiger partial charge in [0, 0.05) is 23.2 Å². The molecule has 0 saturated heterocycles. The monoisotopic (exact) mass is 249 g/mol. The number of rotatable bonds is 4. The van der Waals surface area contributed by atoms with Gasteiger partial charge in [0.1, 0.15) is 5.82 Å². The smallest absolute Gasteiger partial charge is 0.328 e. The lowest BCUT2D eigenvalue weighted by molar-refractivity contribution is -0.131. The van der Waals surface area contributed by atoms with Gasteiger partial charge in [0.2, 0.25) is 5.91 Å². The zero-order valence-electron chi connectivity index (χ0n) is 9.52. The van der Waals surface area contributed by atoms with Crippen LogP contribution in [0.4, 0.5) is 10.1 Å². The average Bonchev–Trinajstić information content (AvgIpc) is 3.13. The van der Waals surface area contributed by atoms with E-state index < -0.39 is 11.8 Å². The van der Waals surface area contributed by atoms with Crippen molar-refractivity contribution in [1.82, 2.24) is 0 Å². The third kappa shape index (κ3) is 3.16. The average molecular weight is 249 g/mol. The summed E-state index contributed by atoms with van der Waals surface area (Å²) in [6.07, 6.45) is 3.78. The molecule has 0 unspecified atom stereocenters. The maximum atomic E-state index is 13.4. The second-order valence-electron chi connectivity index (χ2n) is 4.17. The zero-order valence-corrected chi connectivity index (χ0v) is 9.52. The first kappa shape index (κ1) is 12.3. The zero-order chi connectivity index (χ0) is 13.1. The molecule has 0 atom stereocenters. The van der Waals surface area contributed by atoms with E-state index in [1.165, 1.54) is 18.2 Å². The van der Waals surface area contributed by atoms with Crippen LogP contribution in [0.3, 0.4) is 0 Å². The maximum Gasteiger partial charge on any atom is 0.328 e. The van der Waals surface area contributed by atoms with Crippen LogP contribution in [0.15, 0.2) is 24.3 Å². The topological polar surface area (TPSA) is 66.4 Å². The molecule has 18 heavy (non-hydrogen) atoms. The van der Waals surface area contributed by atoms with Crippen LogP contribution in [0, 0.1) is 11.7 Å². The van der Waals surface area contributed by atoms with E-state index in [1.807, 2.05) is 0 Å². The molecule has 94 valence electrons. The Morgan fingerprint density at radius 1 is 1.39 bits per heavy atom. The van der Waals surface area contributed by atoms with Gasteiger partial charge in [0.15, 0.2) is 0 Å². The summed E-state index contributed by atoms with van der Waals surface area (Å²) in [5, 5.41) is 11.2. The Morgan fingerprint density at radius 3 is 2.72 bits per heavy atom. The first-order valence-corrected chi connectivity index (χ1v) is 5.57. The summed E-state index contributed by atoms with van der Waals surface area (Å²) in [5.41, 5.74) is 0.601. The van der Waals surface area contributed by atoms with Gasteiger partial charge in [-0.05, 0) is 37.1 Å². The summed E-state index contributed by atoms with van der Waals surface area (Å²) in [6, 6.07) is 4.06. The summed E-state index contributed by atoms with van der Waals surface area (Å²) in [4.78, 5) is 21.9. The van der Waals surface area contributed by atoms with Crippen molar-refractivity contribution in [2.75, 3.05) is 5.32 Å². The fourth-order valence-electron chi connectivity index (χ4n) is 1.50. The van der Waals surface area contributed by atoms with Crippen LogP contribution in [0.2, 0.25) is 0 Å². The number of aliphatic carboxylic acids is 1. The molecule has 1 amide bonds. The lowest BCUT2D eigenvalue weighted by atomic mass is 10.1. The molecule has 5 heteroatoms. The number of hydrogen-bond donors (Lipinski definition) is 2. The third-order valence-electron chi connectivity index (χ3n) is 2.62. The van der Waals surface area contributed by atoms with Crippen molar-refractivity contribution in [2.24, 2.45) is 5.92 Å². The third-order valence-corrected chi connectivity index (χ3v) is 2.62. The number of halogens is 1. The maximum absolute atomic E-state index is 13.4. The normalized spacial score (nSPS) is 14.7. The molecule has 1 aromatic rings. The van der Waals surface area contributed by atoms with Crippen molar-refractivity contribution in [1.29, 1.82) is 0 Å². The van der Waals surface area contributed by atoms with Crippen LogP contribution in [0.5, 0.6) is 0 Å². The van der Waals surface area contributed by atoms with Crippen molar-refractivity contribution in [3.8, 4) is 0 Å². The molecule has 1 fully saturated rings. The van der Waals surface area contributed by atoms with Gasteiger partial charge in [-0.2, -0.15) is 0 Å². The highest BCUT2D eigenvalue weighted by Crippen LogP contribution is 2.30. The van der Waals surface area contributed by atoms with E-state index in [0.29, 0.717) is 5.69 Å². The molecule has 0 radical (unpaired) electrons. The number of amides is 1. The van der Waals surface area contributed by atoms with Gasteiger partial charge in [-0.15, -0.1) is 0 Å². The Balaban J connectivity index is 2.14. The Morgan fingerprint density at radius 2 is 2.11 bits per heavy atom. The molecule has 0 aliphatic heterocycles. The standard InChI is InChI=1S/C13H12FNO3/c14-11-5-4-10(15-13(18)8-1-2-8)7-9(11)3-6-12(16)17/h3-8H,1-2H2,(H,15,18)(H,16,17)/b6-3+. The molecular weight excluding hydrogens is 237 g/mol. The minimum atomic E-state index is -1.15. The van der Waals surface area contributed by atoms with Crippen molar-refractivity contribution >= 4 is 23.6 Å². The molecule has 1 aliphatic rings. The quantitative estimate of drug-likeness (QED) is 0.804. The highest BCUT2D eigenvalue weighted by molar-refractivity contribution is 5.94. The minimum absolute atomic E-state index is 0.0630. The number of anilines is 1. The molecule has 2 rings (SSSR count). The molecule has 1 aliphatic carbocycles. The van der Waals surface area contributed by atoms with Crippen LogP contribution >= 0.6 is 0 Å². The van der Waals surface area contributed by atoms with Gasteiger partial charge in [0.25, 0.3) is 0 Å². The van der Waals surface area contributed by atoms with Crippen LogP contribution in [0.1, 0.15) is 18.4 Å². The van der Waals surface area contributed by atoms with Gasteiger partial charge < -0.3 is 10.4 Å². The first-order valence-electron chi connectivity index (χ1n) is 5.57. The predicted molar refractivity (Wildman–Crippen MR) is 64.4 cm³/mol. The Kier molecular flexibility index (Phi) is 3.41. The van der Waals surface area contributed by atoms with E-state index in [2.05, 4.69) is 5.32 Å². The van der Waals surface area contributed by atoms with Gasteiger partial charge in [-0.1, -0.05) is 0 Å². The number of carbonyl (C=O) groups is 2. The van der Waals surface area contributed by atoms with E-state index >= 15 is 0 Å². The molecule has 1 saturated carbocycles. The molecule has 0 heterocycles. The summed E-state index contributed by atoms with van der Waals surface area (Å²) >= 11 is 0. The number of carboxylic acid groups (broad SMARTS) is 1. The molecule has 1 aromatic carbocycles. The Labute approximate surface area is 103 Å². The van der Waals surface area contributed by atoms with Gasteiger partial charge in [-0.25, -0.2) is 9.18 Å². The van der Waals surface area contributed by atoms with Crippen molar-refractivity contribution in [3.05, 3.63) is 35.7 Å². The van der Waals surface area contributed by atoms with Crippen molar-refractivity contribution in [3.63, 3.8) is 0 Å².